The molecule has 0 unspecified atom stereocenters. The van der Waals surface area contributed by atoms with Crippen LogP contribution in [-0.2, 0) is 4.74 Å². The summed E-state index contributed by atoms with van der Waals surface area (Å²) in [6, 6.07) is 5.71. The van der Waals surface area contributed by atoms with E-state index in [2.05, 4.69) is 47.0 Å². The lowest BCUT2D eigenvalue weighted by atomic mass is 9.97. The largest absolute Gasteiger partial charge is 0.444 e. The lowest BCUT2D eigenvalue weighted by Gasteiger charge is -2.37. The Hall–Kier alpha value is -3.87. The number of piperazine rings is 1. The van der Waals surface area contributed by atoms with E-state index in [-0.39, 0.29) is 11.5 Å². The Bertz CT molecular complexity index is 1290. The van der Waals surface area contributed by atoms with Crippen LogP contribution in [0.4, 0.5) is 16.3 Å². The first-order valence-corrected chi connectivity index (χ1v) is 12.1. The number of hydrogen-bond acceptors (Lipinski definition) is 8. The van der Waals surface area contributed by atoms with Crippen LogP contribution in [0.15, 0.2) is 30.7 Å². The first kappa shape index (κ1) is 25.2. The number of amides is 1. The van der Waals surface area contributed by atoms with Gasteiger partial charge in [-0.2, -0.15) is 5.26 Å². The van der Waals surface area contributed by atoms with E-state index >= 15 is 0 Å². The molecule has 1 aliphatic heterocycles. The first-order valence-electron chi connectivity index (χ1n) is 12.1. The molecule has 3 aromatic heterocycles. The average molecular weight is 491 g/mol. The molecule has 4 heterocycles. The predicted octanol–water partition coefficient (Wildman–Crippen LogP) is 4.18. The molecule has 0 aromatic carbocycles. The molecule has 0 aliphatic carbocycles. The van der Waals surface area contributed by atoms with Gasteiger partial charge < -0.3 is 19.9 Å². The van der Waals surface area contributed by atoms with E-state index in [1.165, 1.54) is 0 Å². The highest BCUT2D eigenvalue weighted by atomic mass is 16.6. The summed E-state index contributed by atoms with van der Waals surface area (Å²) >= 11 is 0. The molecule has 4 rings (SSSR count). The molecule has 0 atom stereocenters. The van der Waals surface area contributed by atoms with Crippen LogP contribution in [0.5, 0.6) is 0 Å². The number of ether oxygens (including phenoxy) is 1. The summed E-state index contributed by atoms with van der Waals surface area (Å²) in [5.74, 6) is 1.25. The second-order valence-electron chi connectivity index (χ2n) is 11.2. The minimum absolute atomic E-state index is 0.0444. The lowest BCUT2D eigenvalue weighted by molar-refractivity contribution is 0.0240. The third-order valence-corrected chi connectivity index (χ3v) is 5.69. The summed E-state index contributed by atoms with van der Waals surface area (Å²) < 4.78 is 7.36. The average Bonchev–Trinajstić information content (AvgIpc) is 3.24. The van der Waals surface area contributed by atoms with Gasteiger partial charge in [0.05, 0.1) is 23.6 Å². The van der Waals surface area contributed by atoms with Gasteiger partial charge in [-0.05, 0) is 38.3 Å². The number of carbonyl (C=O) groups excluding carboxylic acids is 1. The number of aromatic nitrogens is 4. The summed E-state index contributed by atoms with van der Waals surface area (Å²) in [6.07, 6.45) is 5.00. The molecule has 1 N–H and O–H groups in total. The number of pyridine rings is 1. The monoisotopic (exact) mass is 490 g/mol. The number of nitrogens with zero attached hydrogens (tertiary/aromatic N) is 7. The van der Waals surface area contributed by atoms with Crippen LogP contribution in [-0.4, -0.2) is 68.7 Å². The molecule has 10 heteroatoms. The molecule has 10 nitrogen and oxygen atoms in total. The second kappa shape index (κ2) is 9.64. The van der Waals surface area contributed by atoms with Crippen molar-refractivity contribution in [2.24, 2.45) is 5.41 Å². The minimum atomic E-state index is -0.520. The highest BCUT2D eigenvalue weighted by Gasteiger charge is 2.28. The maximum absolute atomic E-state index is 12.5. The van der Waals surface area contributed by atoms with E-state index in [9.17, 15) is 10.1 Å². The van der Waals surface area contributed by atoms with E-state index < -0.39 is 5.60 Å². The van der Waals surface area contributed by atoms with Gasteiger partial charge in [-0.15, -0.1) is 0 Å². The Morgan fingerprint density at radius 3 is 2.44 bits per heavy atom. The van der Waals surface area contributed by atoms with E-state index in [1.807, 2.05) is 31.4 Å². The fraction of sp³-hybridized carbons (Fsp3) is 0.500. The van der Waals surface area contributed by atoms with E-state index in [0.29, 0.717) is 43.3 Å². The molecule has 0 bridgehead atoms. The van der Waals surface area contributed by atoms with Crippen molar-refractivity contribution < 1.29 is 9.53 Å². The van der Waals surface area contributed by atoms with E-state index in [4.69, 9.17) is 9.72 Å². The van der Waals surface area contributed by atoms with Gasteiger partial charge in [0, 0.05) is 38.9 Å². The van der Waals surface area contributed by atoms with Gasteiger partial charge in [0.2, 0.25) is 0 Å². The van der Waals surface area contributed by atoms with Crippen molar-refractivity contribution in [3.8, 4) is 17.6 Å². The van der Waals surface area contributed by atoms with Crippen LogP contribution in [0.3, 0.4) is 0 Å². The molecule has 0 spiro atoms. The first-order chi connectivity index (χ1) is 16.9. The Balaban J connectivity index is 1.61. The quantitative estimate of drug-likeness (QED) is 0.580. The molecular weight excluding hydrogens is 456 g/mol. The summed E-state index contributed by atoms with van der Waals surface area (Å²) in [4.78, 5) is 30.4. The topological polar surface area (TPSA) is 112 Å². The molecule has 0 saturated carbocycles. The second-order valence-corrected chi connectivity index (χ2v) is 11.2. The molecule has 36 heavy (non-hydrogen) atoms. The number of rotatable bonds is 4. The fourth-order valence-electron chi connectivity index (χ4n) is 3.88. The van der Waals surface area contributed by atoms with Gasteiger partial charge in [-0.1, -0.05) is 20.8 Å². The number of carbonyl (C=O) groups is 1. The molecule has 1 fully saturated rings. The molecule has 1 amide bonds. The number of nitrogens with one attached hydrogen (secondary N) is 1. The number of anilines is 2. The number of fused-ring (bicyclic) bond motifs is 1. The molecule has 190 valence electrons. The van der Waals surface area contributed by atoms with Crippen molar-refractivity contribution in [2.45, 2.75) is 47.1 Å². The van der Waals surface area contributed by atoms with Crippen LogP contribution in [0, 0.1) is 16.7 Å². The zero-order valence-corrected chi connectivity index (χ0v) is 21.9. The SMILES string of the molecule is CC(C)(C)CNc1nc(-c2cnc3ccc(C#N)cn23)ncc1N1CCN(C(=O)OC(C)(C)C)CC1. The van der Waals surface area contributed by atoms with Gasteiger partial charge >= 0.3 is 6.09 Å². The molecular formula is C26H34N8O2. The van der Waals surface area contributed by atoms with Crippen LogP contribution in [0.25, 0.3) is 17.2 Å². The summed E-state index contributed by atoms with van der Waals surface area (Å²) in [5.41, 5.74) is 2.38. The third-order valence-electron chi connectivity index (χ3n) is 5.69. The lowest BCUT2D eigenvalue weighted by Crippen LogP contribution is -2.50. The van der Waals surface area contributed by atoms with Crippen molar-refractivity contribution >= 4 is 23.2 Å². The maximum Gasteiger partial charge on any atom is 0.410 e. The Labute approximate surface area is 211 Å². The van der Waals surface area contributed by atoms with Crippen LogP contribution in [0.2, 0.25) is 0 Å². The van der Waals surface area contributed by atoms with E-state index in [0.717, 1.165) is 23.7 Å². The van der Waals surface area contributed by atoms with Crippen molar-refractivity contribution in [3.05, 3.63) is 36.3 Å². The van der Waals surface area contributed by atoms with Crippen molar-refractivity contribution in [1.29, 1.82) is 5.26 Å². The Kier molecular flexibility index (Phi) is 6.76. The van der Waals surface area contributed by atoms with Crippen LogP contribution in [0.1, 0.15) is 47.1 Å². The number of hydrogen-bond donors (Lipinski definition) is 1. The summed E-state index contributed by atoms with van der Waals surface area (Å²) in [6.45, 7) is 15.2. The van der Waals surface area contributed by atoms with Gasteiger partial charge in [0.15, 0.2) is 11.6 Å². The zero-order valence-electron chi connectivity index (χ0n) is 21.9. The number of nitriles is 1. The van der Waals surface area contributed by atoms with Crippen molar-refractivity contribution in [1.82, 2.24) is 24.3 Å². The minimum Gasteiger partial charge on any atom is -0.444 e. The smallest absolute Gasteiger partial charge is 0.410 e. The van der Waals surface area contributed by atoms with Gasteiger partial charge in [-0.25, -0.2) is 19.7 Å². The van der Waals surface area contributed by atoms with Gasteiger partial charge in [0.1, 0.15) is 23.0 Å². The maximum atomic E-state index is 12.5. The number of imidazole rings is 1. The summed E-state index contributed by atoms with van der Waals surface area (Å²) in [7, 11) is 0. The van der Waals surface area contributed by atoms with Crippen molar-refractivity contribution in [2.75, 3.05) is 42.9 Å². The third kappa shape index (κ3) is 5.85. The van der Waals surface area contributed by atoms with E-state index in [1.54, 1.807) is 29.4 Å². The normalized spacial score (nSPS) is 14.6. The van der Waals surface area contributed by atoms with Crippen LogP contribution >= 0.6 is 0 Å². The fourth-order valence-corrected chi connectivity index (χ4v) is 3.88. The van der Waals surface area contributed by atoms with Crippen LogP contribution < -0.4 is 10.2 Å². The molecule has 1 aliphatic rings. The standard InChI is InChI=1S/C26H34N8O2/c1-25(2,3)17-30-22-19(32-9-11-33(12-10-32)24(35)36-26(4,5)6)14-29-23(31-22)20-15-28-21-8-7-18(13-27)16-34(20)21/h7-8,14-16H,9-12,17H2,1-6H3,(H,29,30,31). The van der Waals surface area contributed by atoms with Crippen molar-refractivity contribution in [3.63, 3.8) is 0 Å². The summed E-state index contributed by atoms with van der Waals surface area (Å²) in [5, 5.41) is 12.8. The Morgan fingerprint density at radius 2 is 1.81 bits per heavy atom. The molecule has 3 aromatic rings. The highest BCUT2D eigenvalue weighted by Crippen LogP contribution is 2.29. The van der Waals surface area contributed by atoms with Gasteiger partial charge in [0.25, 0.3) is 0 Å². The van der Waals surface area contributed by atoms with Gasteiger partial charge in [-0.3, -0.25) is 4.40 Å². The highest BCUT2D eigenvalue weighted by molar-refractivity contribution is 5.71. The molecule has 0 radical (unpaired) electrons. The Morgan fingerprint density at radius 1 is 1.08 bits per heavy atom. The molecule has 1 saturated heterocycles. The predicted molar refractivity (Wildman–Crippen MR) is 139 cm³/mol. The zero-order chi connectivity index (χ0) is 26.1.